The van der Waals surface area contributed by atoms with Gasteiger partial charge in [0.25, 0.3) is 0 Å². The number of guanidine groups is 1. The Morgan fingerprint density at radius 1 is 1.30 bits per heavy atom. The Bertz CT molecular complexity index is 561. The second-order valence-corrected chi connectivity index (χ2v) is 6.99. The van der Waals surface area contributed by atoms with Gasteiger partial charge in [0, 0.05) is 46.3 Å². The summed E-state index contributed by atoms with van der Waals surface area (Å²) in [6.07, 6.45) is 4.47. The molecule has 154 valence electrons. The lowest BCUT2D eigenvalue weighted by Gasteiger charge is -2.32. The van der Waals surface area contributed by atoms with E-state index in [0.29, 0.717) is 11.7 Å². The van der Waals surface area contributed by atoms with E-state index in [0.717, 1.165) is 51.4 Å². The number of nitrogens with one attached hydrogen (secondary N) is 2. The number of likely N-dealkylation sites (tertiary alicyclic amines) is 1. The van der Waals surface area contributed by atoms with Crippen molar-refractivity contribution >= 4 is 35.6 Å². The molecule has 0 spiro atoms. The maximum absolute atomic E-state index is 13.8. The molecule has 7 heteroatoms. The smallest absolute Gasteiger partial charge is 0.191 e. The Kier molecular flexibility index (Phi) is 11.7. The van der Waals surface area contributed by atoms with Crippen LogP contribution in [-0.4, -0.2) is 63.7 Å². The Balaban J connectivity index is 0.00000364. The van der Waals surface area contributed by atoms with Gasteiger partial charge in [-0.25, -0.2) is 4.39 Å². The molecule has 1 saturated heterocycles. The van der Waals surface area contributed by atoms with Gasteiger partial charge in [-0.05, 0) is 44.4 Å². The van der Waals surface area contributed by atoms with Gasteiger partial charge in [0.2, 0.25) is 0 Å². The molecule has 1 heterocycles. The van der Waals surface area contributed by atoms with E-state index < -0.39 is 0 Å². The van der Waals surface area contributed by atoms with Gasteiger partial charge in [0.1, 0.15) is 5.82 Å². The minimum absolute atomic E-state index is 0. The first-order valence-electron chi connectivity index (χ1n) is 9.79. The minimum Gasteiger partial charge on any atom is -0.372 e. The van der Waals surface area contributed by atoms with Crippen LogP contribution in [0.2, 0.25) is 0 Å². The molecule has 1 aromatic rings. The van der Waals surface area contributed by atoms with Crippen molar-refractivity contribution in [3.05, 3.63) is 30.1 Å². The van der Waals surface area contributed by atoms with Crippen LogP contribution < -0.4 is 15.5 Å². The third-order valence-electron chi connectivity index (χ3n) is 4.92. The number of piperidine rings is 1. The molecular formula is C20H35FIN5. The molecular weight excluding hydrogens is 456 g/mol. The van der Waals surface area contributed by atoms with Crippen molar-refractivity contribution in [2.75, 3.05) is 51.7 Å². The van der Waals surface area contributed by atoms with Gasteiger partial charge < -0.3 is 20.4 Å². The van der Waals surface area contributed by atoms with E-state index in [1.54, 1.807) is 6.07 Å². The zero-order chi connectivity index (χ0) is 18.8. The molecule has 2 N–H and O–H groups in total. The van der Waals surface area contributed by atoms with Crippen LogP contribution in [0.15, 0.2) is 29.3 Å². The van der Waals surface area contributed by atoms with Crippen LogP contribution in [0.25, 0.3) is 0 Å². The molecule has 0 aliphatic carbocycles. The number of nitrogens with zero attached hydrogens (tertiary/aromatic N) is 3. The highest BCUT2D eigenvalue weighted by molar-refractivity contribution is 14.0. The van der Waals surface area contributed by atoms with E-state index in [2.05, 4.69) is 27.4 Å². The molecule has 27 heavy (non-hydrogen) atoms. The van der Waals surface area contributed by atoms with Crippen LogP contribution in [0.3, 0.4) is 0 Å². The van der Waals surface area contributed by atoms with Crippen molar-refractivity contribution < 1.29 is 4.39 Å². The van der Waals surface area contributed by atoms with Crippen LogP contribution in [0.5, 0.6) is 0 Å². The number of aliphatic imine (C=N–C) groups is 1. The van der Waals surface area contributed by atoms with Crippen LogP contribution in [-0.2, 0) is 0 Å². The normalized spacial score (nSPS) is 15.9. The fraction of sp³-hybridized carbons (Fsp3) is 0.650. The van der Waals surface area contributed by atoms with E-state index in [-0.39, 0.29) is 29.8 Å². The van der Waals surface area contributed by atoms with Crippen molar-refractivity contribution in [2.45, 2.75) is 38.6 Å². The molecule has 0 atom stereocenters. The number of hydrogen-bond donors (Lipinski definition) is 2. The summed E-state index contributed by atoms with van der Waals surface area (Å²) in [7, 11) is 3.74. The molecule has 0 bridgehead atoms. The second-order valence-electron chi connectivity index (χ2n) is 6.99. The van der Waals surface area contributed by atoms with Gasteiger partial charge in [-0.15, -0.1) is 24.0 Å². The number of halogens is 2. The van der Waals surface area contributed by atoms with Crippen molar-refractivity contribution in [2.24, 2.45) is 4.99 Å². The zero-order valence-electron chi connectivity index (χ0n) is 16.9. The highest BCUT2D eigenvalue weighted by atomic mass is 127. The third kappa shape index (κ3) is 8.21. The molecule has 0 unspecified atom stereocenters. The van der Waals surface area contributed by atoms with Crippen LogP contribution in [0.4, 0.5) is 10.1 Å². The summed E-state index contributed by atoms with van der Waals surface area (Å²) in [6, 6.07) is 7.40. The molecule has 1 aliphatic rings. The summed E-state index contributed by atoms with van der Waals surface area (Å²) in [5.41, 5.74) is 0.647. The highest BCUT2D eigenvalue weighted by Gasteiger charge is 2.19. The Labute approximate surface area is 180 Å². The third-order valence-corrected chi connectivity index (χ3v) is 4.92. The first-order valence-corrected chi connectivity index (χ1v) is 9.79. The number of hydrogen-bond acceptors (Lipinski definition) is 3. The SMILES string of the molecule is CCCN1CCC(NC(=NC)NCCCN(C)c2ccccc2F)CC1.I. The Morgan fingerprint density at radius 3 is 2.63 bits per heavy atom. The summed E-state index contributed by atoms with van der Waals surface area (Å²) in [5, 5.41) is 6.92. The average Bonchev–Trinajstić information content (AvgIpc) is 2.66. The number of benzene rings is 1. The van der Waals surface area contributed by atoms with Crippen molar-refractivity contribution in [1.29, 1.82) is 0 Å². The zero-order valence-corrected chi connectivity index (χ0v) is 19.2. The van der Waals surface area contributed by atoms with Crippen molar-refractivity contribution in [1.82, 2.24) is 15.5 Å². The van der Waals surface area contributed by atoms with E-state index in [1.165, 1.54) is 19.0 Å². The molecule has 0 saturated carbocycles. The van der Waals surface area contributed by atoms with Gasteiger partial charge in [0.15, 0.2) is 5.96 Å². The highest BCUT2D eigenvalue weighted by Crippen LogP contribution is 2.16. The van der Waals surface area contributed by atoms with Crippen molar-refractivity contribution in [3.8, 4) is 0 Å². The van der Waals surface area contributed by atoms with E-state index in [9.17, 15) is 4.39 Å². The van der Waals surface area contributed by atoms with Gasteiger partial charge in [0.05, 0.1) is 5.69 Å². The molecule has 0 aromatic heterocycles. The van der Waals surface area contributed by atoms with Crippen LogP contribution >= 0.6 is 24.0 Å². The molecule has 0 amide bonds. The molecule has 0 radical (unpaired) electrons. The number of rotatable bonds is 8. The molecule has 1 fully saturated rings. The van der Waals surface area contributed by atoms with Gasteiger partial charge in [-0.1, -0.05) is 19.1 Å². The summed E-state index contributed by atoms with van der Waals surface area (Å²) >= 11 is 0. The van der Waals surface area contributed by atoms with Crippen LogP contribution in [0, 0.1) is 5.82 Å². The van der Waals surface area contributed by atoms with E-state index in [1.807, 2.05) is 31.1 Å². The lowest BCUT2D eigenvalue weighted by atomic mass is 10.1. The van der Waals surface area contributed by atoms with E-state index >= 15 is 0 Å². The van der Waals surface area contributed by atoms with Gasteiger partial charge in [-0.3, -0.25) is 4.99 Å². The first-order chi connectivity index (χ1) is 12.6. The predicted molar refractivity (Wildman–Crippen MR) is 124 cm³/mol. The summed E-state index contributed by atoms with van der Waals surface area (Å²) in [6.45, 7) is 7.37. The molecule has 5 nitrogen and oxygen atoms in total. The lowest BCUT2D eigenvalue weighted by Crippen LogP contribution is -2.49. The fourth-order valence-electron chi connectivity index (χ4n) is 3.41. The summed E-state index contributed by atoms with van der Waals surface area (Å²) < 4.78 is 13.8. The number of anilines is 1. The second kappa shape index (κ2) is 13.1. The summed E-state index contributed by atoms with van der Waals surface area (Å²) in [5.74, 6) is 0.697. The fourth-order valence-corrected chi connectivity index (χ4v) is 3.41. The Hall–Kier alpha value is -1.09. The van der Waals surface area contributed by atoms with Gasteiger partial charge >= 0.3 is 0 Å². The largest absolute Gasteiger partial charge is 0.372 e. The molecule has 1 aromatic carbocycles. The minimum atomic E-state index is -0.171. The quantitative estimate of drug-likeness (QED) is 0.254. The molecule has 1 aliphatic heterocycles. The maximum Gasteiger partial charge on any atom is 0.191 e. The Morgan fingerprint density at radius 2 is 2.00 bits per heavy atom. The predicted octanol–water partition coefficient (Wildman–Crippen LogP) is 3.31. The standard InChI is InChI=1S/C20H34FN5.HI/c1-4-13-26-15-10-17(11-16-26)24-20(22-2)23-12-7-14-25(3)19-9-6-5-8-18(19)21;/h5-6,8-9,17H,4,7,10-16H2,1-3H3,(H2,22,23,24);1H. The monoisotopic (exact) mass is 491 g/mol. The maximum atomic E-state index is 13.8. The van der Waals surface area contributed by atoms with Gasteiger partial charge in [-0.2, -0.15) is 0 Å². The topological polar surface area (TPSA) is 42.9 Å². The lowest BCUT2D eigenvalue weighted by molar-refractivity contribution is 0.206. The van der Waals surface area contributed by atoms with Crippen LogP contribution in [0.1, 0.15) is 32.6 Å². The summed E-state index contributed by atoms with van der Waals surface area (Å²) in [4.78, 5) is 8.82. The van der Waals surface area contributed by atoms with E-state index in [4.69, 9.17) is 0 Å². The average molecular weight is 491 g/mol. The molecule has 2 rings (SSSR count). The first kappa shape index (κ1) is 23.9. The number of para-hydroxylation sites is 1. The van der Waals surface area contributed by atoms with Crippen molar-refractivity contribution in [3.63, 3.8) is 0 Å².